The fourth-order valence-electron chi connectivity index (χ4n) is 5.46. The first-order valence-electron chi connectivity index (χ1n) is 11.0. The zero-order chi connectivity index (χ0) is 23.3. The minimum atomic E-state index is -0.631. The number of benzene rings is 2. The molecule has 1 aliphatic heterocycles. The van der Waals surface area contributed by atoms with Gasteiger partial charge in [-0.3, -0.25) is 4.79 Å². The minimum Gasteiger partial charge on any atom is -0.364 e. The summed E-state index contributed by atoms with van der Waals surface area (Å²) in [5.41, 5.74) is 16.9. The largest absolute Gasteiger partial charge is 0.364 e. The second-order valence-electron chi connectivity index (χ2n) is 8.91. The summed E-state index contributed by atoms with van der Waals surface area (Å²) in [6.45, 7) is 3.33. The van der Waals surface area contributed by atoms with E-state index in [2.05, 4.69) is 34.1 Å². The summed E-state index contributed by atoms with van der Waals surface area (Å²) in [5.74, 6) is -0.133. The highest BCUT2D eigenvalue weighted by atomic mass is 35.5. The van der Waals surface area contributed by atoms with Gasteiger partial charge in [0, 0.05) is 35.7 Å². The molecule has 3 aromatic rings. The van der Waals surface area contributed by atoms with Crippen molar-refractivity contribution in [3.63, 3.8) is 0 Å². The van der Waals surface area contributed by atoms with E-state index in [-0.39, 0.29) is 17.2 Å². The number of hydrogen-bond acceptors (Lipinski definition) is 5. The predicted molar refractivity (Wildman–Crippen MR) is 132 cm³/mol. The Morgan fingerprint density at radius 2 is 1.82 bits per heavy atom. The van der Waals surface area contributed by atoms with Crippen LogP contribution in [0.4, 0.5) is 5.95 Å². The van der Waals surface area contributed by atoms with Gasteiger partial charge in [0.05, 0.1) is 15.7 Å². The molecule has 170 valence electrons. The lowest BCUT2D eigenvalue weighted by atomic mass is 9.71. The maximum absolute atomic E-state index is 12.4. The van der Waals surface area contributed by atoms with Gasteiger partial charge < -0.3 is 16.4 Å². The molecule has 6 nitrogen and oxygen atoms in total. The molecule has 1 atom stereocenters. The van der Waals surface area contributed by atoms with Crippen molar-refractivity contribution >= 4 is 35.1 Å². The Morgan fingerprint density at radius 1 is 1.09 bits per heavy atom. The third kappa shape index (κ3) is 3.57. The van der Waals surface area contributed by atoms with Crippen molar-refractivity contribution in [2.24, 2.45) is 11.5 Å². The molecular formula is C25H25Cl2N5O. The third-order valence-electron chi connectivity index (χ3n) is 7.17. The first-order chi connectivity index (χ1) is 15.8. The van der Waals surface area contributed by atoms with E-state index < -0.39 is 5.91 Å². The number of anilines is 1. The summed E-state index contributed by atoms with van der Waals surface area (Å²) >= 11 is 12.6. The van der Waals surface area contributed by atoms with Gasteiger partial charge in [0.25, 0.3) is 5.91 Å². The molecule has 1 amide bonds. The molecular weight excluding hydrogens is 457 g/mol. The Bertz CT molecular complexity index is 1250. The Balaban J connectivity index is 1.48. The Kier molecular flexibility index (Phi) is 5.55. The van der Waals surface area contributed by atoms with Gasteiger partial charge in [0.2, 0.25) is 5.95 Å². The smallest absolute Gasteiger partial charge is 0.268 e. The number of nitrogens with zero attached hydrogens (tertiary/aromatic N) is 3. The van der Waals surface area contributed by atoms with Crippen LogP contribution in [0.5, 0.6) is 0 Å². The number of aryl methyl sites for hydroxylation is 1. The zero-order valence-corrected chi connectivity index (χ0v) is 19.8. The van der Waals surface area contributed by atoms with Gasteiger partial charge in [-0.25, -0.2) is 9.97 Å². The monoisotopic (exact) mass is 481 g/mol. The third-order valence-corrected chi connectivity index (χ3v) is 7.99. The number of carbonyl (C=O) groups excluding carboxylic acids is 1. The van der Waals surface area contributed by atoms with Crippen molar-refractivity contribution in [2.45, 2.75) is 37.6 Å². The highest BCUT2D eigenvalue weighted by Gasteiger charge is 2.46. The lowest BCUT2D eigenvalue weighted by Gasteiger charge is -2.43. The van der Waals surface area contributed by atoms with Crippen LogP contribution < -0.4 is 16.4 Å². The molecule has 1 aromatic heterocycles. The minimum absolute atomic E-state index is 0.0249. The Hall–Kier alpha value is -2.67. The van der Waals surface area contributed by atoms with Crippen LogP contribution in [-0.2, 0) is 11.8 Å². The molecule has 8 heteroatoms. The van der Waals surface area contributed by atoms with Crippen molar-refractivity contribution < 1.29 is 4.79 Å². The van der Waals surface area contributed by atoms with Gasteiger partial charge in [-0.15, -0.1) is 0 Å². The number of fused-ring (bicyclic) bond motifs is 2. The highest BCUT2D eigenvalue weighted by molar-refractivity contribution is 6.43. The summed E-state index contributed by atoms with van der Waals surface area (Å²) < 4.78 is 0. The van der Waals surface area contributed by atoms with Crippen LogP contribution in [0.1, 0.15) is 40.2 Å². The van der Waals surface area contributed by atoms with Crippen LogP contribution in [-0.4, -0.2) is 35.0 Å². The van der Waals surface area contributed by atoms with E-state index in [0.717, 1.165) is 32.4 Å². The van der Waals surface area contributed by atoms with Crippen molar-refractivity contribution in [1.29, 1.82) is 0 Å². The molecule has 0 saturated carbocycles. The molecule has 5 rings (SSSR count). The number of halogens is 2. The van der Waals surface area contributed by atoms with Crippen molar-refractivity contribution in [3.05, 3.63) is 75.0 Å². The number of amides is 1. The van der Waals surface area contributed by atoms with Crippen molar-refractivity contribution in [2.75, 3.05) is 18.0 Å². The second-order valence-corrected chi connectivity index (χ2v) is 9.69. The van der Waals surface area contributed by atoms with Crippen LogP contribution in [0.2, 0.25) is 10.0 Å². The number of piperidine rings is 1. The van der Waals surface area contributed by atoms with Crippen molar-refractivity contribution in [3.8, 4) is 11.1 Å². The number of aromatic nitrogens is 2. The number of carbonyl (C=O) groups is 1. The molecule has 0 radical (unpaired) electrons. The van der Waals surface area contributed by atoms with E-state index in [1.165, 1.54) is 11.1 Å². The fraction of sp³-hybridized carbons (Fsp3) is 0.320. The number of nitrogens with two attached hydrogens (primary N) is 2. The normalized spacial score (nSPS) is 19.0. The second kappa shape index (κ2) is 8.28. The molecule has 4 N–H and O–H groups in total. The van der Waals surface area contributed by atoms with E-state index >= 15 is 0 Å². The van der Waals surface area contributed by atoms with Gasteiger partial charge in [0.1, 0.15) is 5.69 Å². The van der Waals surface area contributed by atoms with E-state index in [1.807, 2.05) is 6.92 Å². The van der Waals surface area contributed by atoms with Crippen LogP contribution in [0.25, 0.3) is 11.1 Å². The molecule has 1 spiro atoms. The van der Waals surface area contributed by atoms with Gasteiger partial charge in [-0.2, -0.15) is 0 Å². The number of primary amides is 1. The fourth-order valence-corrected chi connectivity index (χ4v) is 5.85. The van der Waals surface area contributed by atoms with Crippen LogP contribution in [0.3, 0.4) is 0 Å². The maximum atomic E-state index is 12.4. The average molecular weight is 482 g/mol. The first kappa shape index (κ1) is 22.1. The molecule has 1 saturated heterocycles. The quantitative estimate of drug-likeness (QED) is 0.581. The summed E-state index contributed by atoms with van der Waals surface area (Å²) in [6.07, 6.45) is 2.72. The van der Waals surface area contributed by atoms with E-state index in [0.29, 0.717) is 32.8 Å². The topological polar surface area (TPSA) is 98.1 Å². The molecule has 0 unspecified atom stereocenters. The summed E-state index contributed by atoms with van der Waals surface area (Å²) in [6, 6.07) is 13.9. The van der Waals surface area contributed by atoms with Crippen molar-refractivity contribution in [1.82, 2.24) is 9.97 Å². The first-order valence-corrected chi connectivity index (χ1v) is 11.8. The SMILES string of the molecule is Cc1nc(N2CCC3(CC2)c2ccccc2C[C@H]3N)nc(C(N)=O)c1-c1cccc(Cl)c1Cl. The van der Waals surface area contributed by atoms with Gasteiger partial charge in [-0.1, -0.05) is 59.6 Å². The van der Waals surface area contributed by atoms with Crippen LogP contribution in [0, 0.1) is 6.92 Å². The Labute approximate surface area is 202 Å². The predicted octanol–water partition coefficient (Wildman–Crippen LogP) is 4.28. The molecule has 1 aliphatic carbocycles. The number of rotatable bonds is 3. The van der Waals surface area contributed by atoms with E-state index in [1.54, 1.807) is 18.2 Å². The van der Waals surface area contributed by atoms with E-state index in [9.17, 15) is 4.79 Å². The standard InChI is InChI=1S/C25H25Cl2N5O/c1-14-20(16-6-4-8-18(26)21(16)27)22(23(29)33)31-24(30-14)32-11-9-25(10-12-32)17-7-3-2-5-15(17)13-19(25)28/h2-8,19H,9-13,28H2,1H3,(H2,29,33)/t19-/m1/s1. The van der Waals surface area contributed by atoms with Gasteiger partial charge >= 0.3 is 0 Å². The summed E-state index contributed by atoms with van der Waals surface area (Å²) in [5, 5.41) is 0.734. The average Bonchev–Trinajstić information content (AvgIpc) is 3.07. The van der Waals surface area contributed by atoms with Gasteiger partial charge in [0.15, 0.2) is 0 Å². The molecule has 2 heterocycles. The summed E-state index contributed by atoms with van der Waals surface area (Å²) in [7, 11) is 0. The molecule has 0 bridgehead atoms. The van der Waals surface area contributed by atoms with Crippen LogP contribution >= 0.6 is 23.2 Å². The van der Waals surface area contributed by atoms with E-state index in [4.69, 9.17) is 39.7 Å². The molecule has 33 heavy (non-hydrogen) atoms. The lowest BCUT2D eigenvalue weighted by Crippen LogP contribution is -2.51. The molecule has 2 aliphatic rings. The maximum Gasteiger partial charge on any atom is 0.268 e. The highest BCUT2D eigenvalue weighted by Crippen LogP contribution is 2.46. The molecule has 1 fully saturated rings. The Morgan fingerprint density at radius 3 is 2.55 bits per heavy atom. The summed E-state index contributed by atoms with van der Waals surface area (Å²) in [4.78, 5) is 23.8. The van der Waals surface area contributed by atoms with Gasteiger partial charge in [-0.05, 0) is 43.4 Å². The molecule has 2 aromatic carbocycles. The lowest BCUT2D eigenvalue weighted by molar-refractivity contribution is 0.0996. The zero-order valence-electron chi connectivity index (χ0n) is 18.3. The van der Waals surface area contributed by atoms with Crippen LogP contribution in [0.15, 0.2) is 42.5 Å². The number of hydrogen-bond donors (Lipinski definition) is 2.